The fraction of sp³-hybridized carbons (Fsp3) is 0.381. The summed E-state index contributed by atoms with van der Waals surface area (Å²) in [6.07, 6.45) is -0.0186. The second-order valence-electron chi connectivity index (χ2n) is 6.71. The second kappa shape index (κ2) is 9.26. The van der Waals surface area contributed by atoms with Crippen molar-refractivity contribution in [2.75, 3.05) is 40.4 Å². The molecular formula is C21H24ClFN2O3. The Labute approximate surface area is 169 Å². The van der Waals surface area contributed by atoms with Gasteiger partial charge in [-0.1, -0.05) is 17.7 Å². The number of nitrogens with zero attached hydrogens (tertiary/aromatic N) is 2. The van der Waals surface area contributed by atoms with Crippen LogP contribution in [0, 0.1) is 5.82 Å². The summed E-state index contributed by atoms with van der Waals surface area (Å²) in [6.45, 7) is 3.37. The third kappa shape index (κ3) is 4.75. The summed E-state index contributed by atoms with van der Waals surface area (Å²) in [4.78, 5) is 16.6. The normalized spacial score (nSPS) is 14.8. The van der Waals surface area contributed by atoms with E-state index in [1.165, 1.54) is 12.1 Å². The summed E-state index contributed by atoms with van der Waals surface area (Å²) in [7, 11) is 3.29. The van der Waals surface area contributed by atoms with Crippen LogP contribution in [-0.4, -0.2) is 56.1 Å². The number of rotatable bonds is 6. The van der Waals surface area contributed by atoms with Crippen molar-refractivity contribution >= 4 is 17.5 Å². The van der Waals surface area contributed by atoms with Crippen LogP contribution in [0.2, 0.25) is 5.02 Å². The number of ether oxygens (including phenoxy) is 2. The van der Waals surface area contributed by atoms with E-state index in [1.54, 1.807) is 25.2 Å². The van der Waals surface area contributed by atoms with Crippen LogP contribution < -0.4 is 9.47 Å². The van der Waals surface area contributed by atoms with Gasteiger partial charge in [0.1, 0.15) is 17.3 Å². The number of hydrogen-bond acceptors (Lipinski definition) is 4. The number of methoxy groups -OCH3 is 2. The van der Waals surface area contributed by atoms with Crippen molar-refractivity contribution in [2.45, 2.75) is 13.0 Å². The summed E-state index contributed by atoms with van der Waals surface area (Å²) in [5.41, 5.74) is 1.30. The topological polar surface area (TPSA) is 42.0 Å². The van der Waals surface area contributed by atoms with Gasteiger partial charge in [0.2, 0.25) is 5.91 Å². The third-order valence-corrected chi connectivity index (χ3v) is 5.35. The predicted molar refractivity (Wildman–Crippen MR) is 107 cm³/mol. The fourth-order valence-electron chi connectivity index (χ4n) is 3.37. The zero-order chi connectivity index (χ0) is 20.1. The molecule has 0 radical (unpaired) electrons. The predicted octanol–water partition coefficient (Wildman–Crippen LogP) is 3.38. The Morgan fingerprint density at radius 2 is 1.86 bits per heavy atom. The lowest BCUT2D eigenvalue weighted by Crippen LogP contribution is -2.48. The molecule has 1 fully saturated rings. The van der Waals surface area contributed by atoms with Crippen molar-refractivity contribution in [3.05, 3.63) is 58.4 Å². The number of halogens is 2. The Bertz CT molecular complexity index is 818. The molecule has 7 heteroatoms. The minimum absolute atomic E-state index is 0.0186. The zero-order valence-electron chi connectivity index (χ0n) is 16.1. The molecule has 28 heavy (non-hydrogen) atoms. The van der Waals surface area contributed by atoms with E-state index in [-0.39, 0.29) is 22.9 Å². The molecule has 2 aromatic carbocycles. The minimum Gasteiger partial charge on any atom is -0.497 e. The average molecular weight is 407 g/mol. The second-order valence-corrected chi connectivity index (χ2v) is 7.12. The molecule has 5 nitrogen and oxygen atoms in total. The van der Waals surface area contributed by atoms with Crippen LogP contribution in [0.1, 0.15) is 11.1 Å². The van der Waals surface area contributed by atoms with Gasteiger partial charge in [0.15, 0.2) is 0 Å². The van der Waals surface area contributed by atoms with Crippen molar-refractivity contribution in [1.29, 1.82) is 0 Å². The van der Waals surface area contributed by atoms with Crippen LogP contribution in [0.3, 0.4) is 0 Å². The third-order valence-electron chi connectivity index (χ3n) is 5.00. The molecule has 0 saturated carbocycles. The standard InChI is InChI=1S/C21H24ClFN2O3/c1-27-16-6-7-20(28-2)15(12-16)14-24-8-10-25(11-9-24)21(26)13-17-18(22)4-3-5-19(17)23/h3-7,12H,8-11,13-14H2,1-2H3. The van der Waals surface area contributed by atoms with Gasteiger partial charge in [-0.15, -0.1) is 0 Å². The number of benzene rings is 2. The van der Waals surface area contributed by atoms with Crippen molar-refractivity contribution in [1.82, 2.24) is 9.80 Å². The fourth-order valence-corrected chi connectivity index (χ4v) is 3.60. The largest absolute Gasteiger partial charge is 0.497 e. The molecule has 0 aliphatic carbocycles. The molecule has 0 unspecified atom stereocenters. The summed E-state index contributed by atoms with van der Waals surface area (Å²) in [5, 5.41) is 0.289. The van der Waals surface area contributed by atoms with Crippen LogP contribution in [0.4, 0.5) is 4.39 Å². The molecule has 0 bridgehead atoms. The first-order valence-electron chi connectivity index (χ1n) is 9.15. The molecule has 0 aromatic heterocycles. The van der Waals surface area contributed by atoms with Gasteiger partial charge in [-0.25, -0.2) is 4.39 Å². The molecular weight excluding hydrogens is 383 g/mol. The summed E-state index contributed by atoms with van der Waals surface area (Å²) in [6, 6.07) is 10.2. The van der Waals surface area contributed by atoms with E-state index in [1.807, 2.05) is 18.2 Å². The molecule has 1 aliphatic heterocycles. The molecule has 1 heterocycles. The van der Waals surface area contributed by atoms with Gasteiger partial charge in [-0.2, -0.15) is 0 Å². The van der Waals surface area contributed by atoms with Crippen molar-refractivity contribution < 1.29 is 18.7 Å². The van der Waals surface area contributed by atoms with E-state index >= 15 is 0 Å². The highest BCUT2D eigenvalue weighted by atomic mass is 35.5. The van der Waals surface area contributed by atoms with Gasteiger partial charge in [0, 0.05) is 48.9 Å². The Hall–Kier alpha value is -2.31. The monoisotopic (exact) mass is 406 g/mol. The lowest BCUT2D eigenvalue weighted by molar-refractivity contribution is -0.132. The van der Waals surface area contributed by atoms with E-state index in [4.69, 9.17) is 21.1 Å². The number of carbonyl (C=O) groups excluding carboxylic acids is 1. The highest BCUT2D eigenvalue weighted by molar-refractivity contribution is 6.31. The maximum atomic E-state index is 13.9. The number of carbonyl (C=O) groups is 1. The van der Waals surface area contributed by atoms with Gasteiger partial charge in [0.25, 0.3) is 0 Å². The minimum atomic E-state index is -0.440. The Morgan fingerprint density at radius 1 is 1.11 bits per heavy atom. The Morgan fingerprint density at radius 3 is 2.50 bits per heavy atom. The van der Waals surface area contributed by atoms with Crippen LogP contribution in [0.25, 0.3) is 0 Å². The van der Waals surface area contributed by atoms with E-state index < -0.39 is 5.82 Å². The average Bonchev–Trinajstić information content (AvgIpc) is 2.71. The summed E-state index contributed by atoms with van der Waals surface area (Å²) in [5.74, 6) is 1.05. The number of hydrogen-bond donors (Lipinski definition) is 0. The quantitative estimate of drug-likeness (QED) is 0.737. The molecule has 1 amide bonds. The van der Waals surface area contributed by atoms with Crippen LogP contribution in [0.15, 0.2) is 36.4 Å². The van der Waals surface area contributed by atoms with Crippen molar-refractivity contribution in [2.24, 2.45) is 0 Å². The van der Waals surface area contributed by atoms with Crippen molar-refractivity contribution in [3.8, 4) is 11.5 Å². The van der Waals surface area contributed by atoms with Crippen LogP contribution in [0.5, 0.6) is 11.5 Å². The number of amides is 1. The first kappa shape index (κ1) is 20.4. The van der Waals surface area contributed by atoms with Crippen molar-refractivity contribution in [3.63, 3.8) is 0 Å². The van der Waals surface area contributed by atoms with E-state index in [0.717, 1.165) is 30.2 Å². The Kier molecular flexibility index (Phi) is 6.75. The van der Waals surface area contributed by atoms with E-state index in [2.05, 4.69) is 4.90 Å². The molecule has 0 N–H and O–H groups in total. The lowest BCUT2D eigenvalue weighted by atomic mass is 10.1. The SMILES string of the molecule is COc1ccc(OC)c(CN2CCN(C(=O)Cc3c(F)cccc3Cl)CC2)c1. The highest BCUT2D eigenvalue weighted by Gasteiger charge is 2.23. The highest BCUT2D eigenvalue weighted by Crippen LogP contribution is 2.26. The van der Waals surface area contributed by atoms with Gasteiger partial charge >= 0.3 is 0 Å². The molecule has 1 aliphatic rings. The maximum absolute atomic E-state index is 13.9. The Balaban J connectivity index is 1.58. The first-order valence-corrected chi connectivity index (χ1v) is 9.53. The lowest BCUT2D eigenvalue weighted by Gasteiger charge is -2.35. The zero-order valence-corrected chi connectivity index (χ0v) is 16.8. The maximum Gasteiger partial charge on any atom is 0.227 e. The molecule has 0 atom stereocenters. The summed E-state index contributed by atoms with van der Waals surface area (Å²) >= 11 is 6.04. The first-order chi connectivity index (χ1) is 13.5. The molecule has 2 aromatic rings. The van der Waals surface area contributed by atoms with Crippen LogP contribution >= 0.6 is 11.6 Å². The van der Waals surface area contributed by atoms with E-state index in [9.17, 15) is 9.18 Å². The van der Waals surface area contributed by atoms with Crippen LogP contribution in [-0.2, 0) is 17.8 Å². The van der Waals surface area contributed by atoms with Gasteiger partial charge in [0.05, 0.1) is 20.6 Å². The molecule has 150 valence electrons. The van der Waals surface area contributed by atoms with Gasteiger partial charge < -0.3 is 14.4 Å². The molecule has 0 spiro atoms. The van der Waals surface area contributed by atoms with Gasteiger partial charge in [-0.05, 0) is 30.3 Å². The van der Waals surface area contributed by atoms with E-state index in [0.29, 0.717) is 19.6 Å². The number of piperazine rings is 1. The smallest absolute Gasteiger partial charge is 0.227 e. The van der Waals surface area contributed by atoms with Gasteiger partial charge in [-0.3, -0.25) is 9.69 Å². The molecule has 1 saturated heterocycles. The molecule has 3 rings (SSSR count). The summed E-state index contributed by atoms with van der Waals surface area (Å²) < 4.78 is 24.7.